The summed E-state index contributed by atoms with van der Waals surface area (Å²) in [4.78, 5) is 25.1. The summed E-state index contributed by atoms with van der Waals surface area (Å²) in [7, 11) is 0. The molecule has 0 aliphatic carbocycles. The smallest absolute Gasteiger partial charge is 0.242 e. The van der Waals surface area contributed by atoms with E-state index >= 15 is 0 Å². The number of nitrogens with one attached hydrogen (secondary N) is 1. The predicted octanol–water partition coefficient (Wildman–Crippen LogP) is 1.50. The zero-order valence-corrected chi connectivity index (χ0v) is 12.6. The largest absolute Gasteiger partial charge is 0.387 e. The van der Waals surface area contributed by atoms with Gasteiger partial charge in [-0.2, -0.15) is 0 Å². The Labute approximate surface area is 128 Å². The maximum Gasteiger partial charge on any atom is 0.242 e. The number of nitrogens with zero attached hydrogens (tertiary/aromatic N) is 1. The molecule has 1 saturated heterocycles. The molecule has 0 saturated carbocycles. The summed E-state index contributed by atoms with van der Waals surface area (Å²) in [6.07, 6.45) is 0.707. The first-order valence-corrected chi connectivity index (χ1v) is 7.35. The number of amides is 2. The lowest BCUT2D eigenvalue weighted by Gasteiger charge is -2.23. The minimum atomic E-state index is -0.793. The van der Waals surface area contributed by atoms with Crippen LogP contribution in [0.2, 0.25) is 5.02 Å². The zero-order valence-electron chi connectivity index (χ0n) is 11.9. The van der Waals surface area contributed by atoms with Crippen molar-refractivity contribution in [2.24, 2.45) is 0 Å². The van der Waals surface area contributed by atoms with E-state index in [0.29, 0.717) is 23.6 Å². The number of likely N-dealkylation sites (tertiary alicyclic amines) is 1. The Hall–Kier alpha value is -1.59. The fraction of sp³-hybridized carbons (Fsp3) is 0.467. The van der Waals surface area contributed by atoms with E-state index < -0.39 is 12.1 Å². The molecule has 2 amide bonds. The first-order chi connectivity index (χ1) is 9.99. The van der Waals surface area contributed by atoms with Crippen LogP contribution in [0.1, 0.15) is 31.4 Å². The van der Waals surface area contributed by atoms with Crippen molar-refractivity contribution in [3.8, 4) is 0 Å². The van der Waals surface area contributed by atoms with Gasteiger partial charge in [0.1, 0.15) is 6.04 Å². The number of hydrogen-bond donors (Lipinski definition) is 2. The minimum absolute atomic E-state index is 0.0918. The van der Waals surface area contributed by atoms with Gasteiger partial charge in [-0.25, -0.2) is 0 Å². The van der Waals surface area contributed by atoms with Crippen molar-refractivity contribution in [3.63, 3.8) is 0 Å². The molecule has 1 aromatic rings. The SMILES string of the molecule is CC(=O)N1CCCC1C(=O)NCC(O)c1ccc(Cl)cc1. The van der Waals surface area contributed by atoms with E-state index in [-0.39, 0.29) is 18.4 Å². The monoisotopic (exact) mass is 310 g/mol. The zero-order chi connectivity index (χ0) is 15.4. The molecule has 0 bridgehead atoms. The third kappa shape index (κ3) is 3.95. The fourth-order valence-corrected chi connectivity index (χ4v) is 2.66. The average Bonchev–Trinajstić information content (AvgIpc) is 2.95. The van der Waals surface area contributed by atoms with Gasteiger partial charge < -0.3 is 15.3 Å². The van der Waals surface area contributed by atoms with Crippen LogP contribution in [0.15, 0.2) is 24.3 Å². The highest BCUT2D eigenvalue weighted by Gasteiger charge is 2.32. The van der Waals surface area contributed by atoms with E-state index in [1.54, 1.807) is 29.2 Å². The van der Waals surface area contributed by atoms with Crippen LogP contribution in [-0.2, 0) is 9.59 Å². The molecule has 2 atom stereocenters. The highest BCUT2D eigenvalue weighted by Crippen LogP contribution is 2.18. The summed E-state index contributed by atoms with van der Waals surface area (Å²) in [5, 5.41) is 13.3. The number of halogens is 1. The van der Waals surface area contributed by atoms with Crippen LogP contribution in [0.4, 0.5) is 0 Å². The summed E-state index contributed by atoms with van der Waals surface area (Å²) < 4.78 is 0. The molecule has 2 rings (SSSR count). The Bertz CT molecular complexity index is 518. The number of carbonyl (C=O) groups excluding carboxylic acids is 2. The molecule has 21 heavy (non-hydrogen) atoms. The molecule has 2 N–H and O–H groups in total. The summed E-state index contributed by atoms with van der Waals surface area (Å²) in [6, 6.07) is 6.40. The van der Waals surface area contributed by atoms with Gasteiger partial charge in [0, 0.05) is 25.0 Å². The van der Waals surface area contributed by atoms with E-state index in [9.17, 15) is 14.7 Å². The lowest BCUT2D eigenvalue weighted by molar-refractivity contribution is -0.137. The van der Waals surface area contributed by atoms with Gasteiger partial charge in [-0.05, 0) is 30.5 Å². The molecule has 114 valence electrons. The quantitative estimate of drug-likeness (QED) is 0.885. The molecule has 2 unspecified atom stereocenters. The topological polar surface area (TPSA) is 69.6 Å². The van der Waals surface area contributed by atoms with Crippen LogP contribution < -0.4 is 5.32 Å². The first kappa shape index (κ1) is 15.8. The van der Waals surface area contributed by atoms with Crippen molar-refractivity contribution in [1.82, 2.24) is 10.2 Å². The number of carbonyl (C=O) groups is 2. The van der Waals surface area contributed by atoms with E-state index in [4.69, 9.17) is 11.6 Å². The minimum Gasteiger partial charge on any atom is -0.387 e. The van der Waals surface area contributed by atoms with Gasteiger partial charge in [-0.3, -0.25) is 9.59 Å². The second kappa shape index (κ2) is 6.91. The van der Waals surface area contributed by atoms with Crippen LogP contribution >= 0.6 is 11.6 Å². The summed E-state index contributed by atoms with van der Waals surface area (Å²) >= 11 is 5.79. The van der Waals surface area contributed by atoms with Crippen LogP contribution in [-0.4, -0.2) is 41.0 Å². The number of aliphatic hydroxyl groups is 1. The normalized spacial score (nSPS) is 19.4. The average molecular weight is 311 g/mol. The molecule has 1 heterocycles. The lowest BCUT2D eigenvalue weighted by Crippen LogP contribution is -2.46. The summed E-state index contributed by atoms with van der Waals surface area (Å²) in [6.45, 7) is 2.20. The molecule has 0 radical (unpaired) electrons. The molecular formula is C15H19ClN2O3. The van der Waals surface area contributed by atoms with Crippen molar-refractivity contribution >= 4 is 23.4 Å². The molecule has 0 spiro atoms. The Morgan fingerprint density at radius 3 is 2.71 bits per heavy atom. The van der Waals surface area contributed by atoms with Crippen molar-refractivity contribution in [2.75, 3.05) is 13.1 Å². The van der Waals surface area contributed by atoms with Gasteiger partial charge in [0.2, 0.25) is 11.8 Å². The standard InChI is InChI=1S/C15H19ClN2O3/c1-10(19)18-8-2-3-13(18)15(21)17-9-14(20)11-4-6-12(16)7-5-11/h4-7,13-14,20H,2-3,8-9H2,1H3,(H,17,21). The van der Waals surface area contributed by atoms with Crippen LogP contribution in [0, 0.1) is 0 Å². The Morgan fingerprint density at radius 1 is 1.43 bits per heavy atom. The van der Waals surface area contributed by atoms with Gasteiger partial charge in [0.25, 0.3) is 0 Å². The second-order valence-corrected chi connectivity index (χ2v) is 5.62. The van der Waals surface area contributed by atoms with E-state index in [1.807, 2.05) is 0 Å². The maximum absolute atomic E-state index is 12.1. The Morgan fingerprint density at radius 2 is 2.10 bits per heavy atom. The summed E-state index contributed by atoms with van der Waals surface area (Å²) in [5.74, 6) is -0.304. The number of hydrogen-bond acceptors (Lipinski definition) is 3. The van der Waals surface area contributed by atoms with E-state index in [0.717, 1.165) is 6.42 Å². The van der Waals surface area contributed by atoms with Gasteiger partial charge in [-0.15, -0.1) is 0 Å². The maximum atomic E-state index is 12.1. The second-order valence-electron chi connectivity index (χ2n) is 5.18. The lowest BCUT2D eigenvalue weighted by atomic mass is 10.1. The molecule has 1 aliphatic rings. The van der Waals surface area contributed by atoms with Crippen LogP contribution in [0.5, 0.6) is 0 Å². The fourth-order valence-electron chi connectivity index (χ4n) is 2.53. The predicted molar refractivity (Wildman–Crippen MR) is 79.8 cm³/mol. The van der Waals surface area contributed by atoms with Gasteiger partial charge in [0.05, 0.1) is 6.10 Å². The van der Waals surface area contributed by atoms with Crippen molar-refractivity contribution in [2.45, 2.75) is 31.9 Å². The Balaban J connectivity index is 1.88. The van der Waals surface area contributed by atoms with Crippen LogP contribution in [0.3, 0.4) is 0 Å². The molecule has 0 aromatic heterocycles. The van der Waals surface area contributed by atoms with Crippen molar-refractivity contribution in [3.05, 3.63) is 34.9 Å². The van der Waals surface area contributed by atoms with E-state index in [2.05, 4.69) is 5.32 Å². The number of aliphatic hydroxyl groups excluding tert-OH is 1. The number of rotatable bonds is 4. The van der Waals surface area contributed by atoms with Gasteiger partial charge >= 0.3 is 0 Å². The Kier molecular flexibility index (Phi) is 5.20. The third-order valence-electron chi connectivity index (χ3n) is 3.68. The first-order valence-electron chi connectivity index (χ1n) is 6.97. The molecule has 5 nitrogen and oxygen atoms in total. The van der Waals surface area contributed by atoms with Gasteiger partial charge in [0.15, 0.2) is 0 Å². The third-order valence-corrected chi connectivity index (χ3v) is 3.94. The number of benzene rings is 1. The van der Waals surface area contributed by atoms with Crippen LogP contribution in [0.25, 0.3) is 0 Å². The van der Waals surface area contributed by atoms with Crippen molar-refractivity contribution < 1.29 is 14.7 Å². The highest BCUT2D eigenvalue weighted by molar-refractivity contribution is 6.30. The molecule has 1 aliphatic heterocycles. The molecule has 6 heteroatoms. The highest BCUT2D eigenvalue weighted by atomic mass is 35.5. The van der Waals surface area contributed by atoms with Crippen molar-refractivity contribution in [1.29, 1.82) is 0 Å². The summed E-state index contributed by atoms with van der Waals surface area (Å²) in [5.41, 5.74) is 0.689. The molecular weight excluding hydrogens is 292 g/mol. The van der Waals surface area contributed by atoms with E-state index in [1.165, 1.54) is 6.92 Å². The molecule has 1 fully saturated rings. The molecule has 1 aromatic carbocycles. The van der Waals surface area contributed by atoms with Gasteiger partial charge in [-0.1, -0.05) is 23.7 Å².